The van der Waals surface area contributed by atoms with Gasteiger partial charge >= 0.3 is 5.97 Å². The van der Waals surface area contributed by atoms with E-state index in [-0.39, 0.29) is 5.97 Å². The molecule has 1 aromatic rings. The summed E-state index contributed by atoms with van der Waals surface area (Å²) in [5, 5.41) is 5.84. The fourth-order valence-electron chi connectivity index (χ4n) is 2.55. The first-order valence-corrected chi connectivity index (χ1v) is 7.84. The lowest BCUT2D eigenvalue weighted by molar-refractivity contribution is 0.0595. The summed E-state index contributed by atoms with van der Waals surface area (Å²) in [6.45, 7) is 3.28. The molecule has 1 saturated carbocycles. The molecule has 19 heavy (non-hydrogen) atoms. The number of esters is 1. The van der Waals surface area contributed by atoms with Gasteiger partial charge in [0.25, 0.3) is 0 Å². The number of carbonyl (C=O) groups is 1. The van der Waals surface area contributed by atoms with E-state index >= 15 is 0 Å². The van der Waals surface area contributed by atoms with Gasteiger partial charge in [-0.05, 0) is 18.3 Å². The van der Waals surface area contributed by atoms with Crippen LogP contribution in [0.1, 0.15) is 49.5 Å². The molecule has 1 fully saturated rings. The van der Waals surface area contributed by atoms with Gasteiger partial charge < -0.3 is 10.1 Å². The Morgan fingerprint density at radius 3 is 2.89 bits per heavy atom. The summed E-state index contributed by atoms with van der Waals surface area (Å²) in [5.41, 5.74) is 0.390. The van der Waals surface area contributed by atoms with Crippen molar-refractivity contribution in [2.75, 3.05) is 19.0 Å². The summed E-state index contributed by atoms with van der Waals surface area (Å²) in [7, 11) is 1.37. The van der Waals surface area contributed by atoms with Crippen molar-refractivity contribution in [1.29, 1.82) is 0 Å². The molecule has 0 radical (unpaired) electrons. The molecular formula is C14H22N2O2S. The molecule has 0 bridgehead atoms. The summed E-state index contributed by atoms with van der Waals surface area (Å²) >= 11 is 1.46. The third-order valence-corrected chi connectivity index (χ3v) is 4.66. The van der Waals surface area contributed by atoms with Gasteiger partial charge in [-0.25, -0.2) is 9.78 Å². The van der Waals surface area contributed by atoms with Crippen LogP contribution in [0.2, 0.25) is 0 Å². The molecule has 1 N–H and O–H groups in total. The van der Waals surface area contributed by atoms with Gasteiger partial charge in [0, 0.05) is 11.9 Å². The zero-order valence-corrected chi connectivity index (χ0v) is 12.5. The van der Waals surface area contributed by atoms with E-state index in [1.807, 2.05) is 0 Å². The molecule has 106 valence electrons. The van der Waals surface area contributed by atoms with Gasteiger partial charge in [0.2, 0.25) is 0 Å². The van der Waals surface area contributed by atoms with Crippen molar-refractivity contribution in [3.63, 3.8) is 0 Å². The van der Waals surface area contributed by atoms with E-state index in [1.54, 1.807) is 5.38 Å². The smallest absolute Gasteiger partial charge is 0.357 e. The maximum atomic E-state index is 11.3. The number of hydrogen-bond acceptors (Lipinski definition) is 5. The molecule has 4 nitrogen and oxygen atoms in total. The lowest BCUT2D eigenvalue weighted by Crippen LogP contribution is -2.15. The topological polar surface area (TPSA) is 51.2 Å². The molecule has 0 spiro atoms. The van der Waals surface area contributed by atoms with Crippen molar-refractivity contribution in [3.8, 4) is 0 Å². The van der Waals surface area contributed by atoms with Crippen molar-refractivity contribution < 1.29 is 9.53 Å². The summed E-state index contributed by atoms with van der Waals surface area (Å²) in [6.07, 6.45) is 6.64. The molecular weight excluding hydrogens is 260 g/mol. The van der Waals surface area contributed by atoms with Crippen LogP contribution in [0, 0.1) is 11.8 Å². The van der Waals surface area contributed by atoms with Crippen LogP contribution in [0.4, 0.5) is 5.13 Å². The predicted octanol–water partition coefficient (Wildman–Crippen LogP) is 3.56. The standard InChI is InChI=1S/C14H22N2O2S/c1-10-3-5-11(6-4-10)7-8-15-14-16-12(9-19-14)13(17)18-2/h9-11H,3-8H2,1-2H3,(H,15,16). The molecule has 0 unspecified atom stereocenters. The molecule has 0 aromatic carbocycles. The number of methoxy groups -OCH3 is 1. The Bertz CT molecular complexity index is 411. The Labute approximate surface area is 118 Å². The van der Waals surface area contributed by atoms with Gasteiger partial charge in [0.05, 0.1) is 7.11 Å². The molecule has 5 heteroatoms. The lowest BCUT2D eigenvalue weighted by atomic mass is 9.81. The third-order valence-electron chi connectivity index (χ3n) is 3.86. The van der Waals surface area contributed by atoms with E-state index in [4.69, 9.17) is 0 Å². The van der Waals surface area contributed by atoms with Gasteiger partial charge in [0.1, 0.15) is 0 Å². The van der Waals surface area contributed by atoms with E-state index in [9.17, 15) is 4.79 Å². The molecule has 0 aliphatic heterocycles. The number of ether oxygens (including phenoxy) is 1. The first-order valence-electron chi connectivity index (χ1n) is 6.96. The highest BCUT2D eigenvalue weighted by atomic mass is 32.1. The van der Waals surface area contributed by atoms with Crippen LogP contribution in [0.15, 0.2) is 5.38 Å². The highest BCUT2D eigenvalue weighted by Crippen LogP contribution is 2.30. The van der Waals surface area contributed by atoms with Crippen LogP contribution in [0.3, 0.4) is 0 Å². The zero-order chi connectivity index (χ0) is 13.7. The molecule has 0 atom stereocenters. The van der Waals surface area contributed by atoms with E-state index in [0.29, 0.717) is 5.69 Å². The second kappa shape index (κ2) is 6.89. The fourth-order valence-corrected chi connectivity index (χ4v) is 3.26. The average molecular weight is 282 g/mol. The second-order valence-electron chi connectivity index (χ2n) is 5.37. The number of hydrogen-bond donors (Lipinski definition) is 1. The predicted molar refractivity (Wildman–Crippen MR) is 77.7 cm³/mol. The van der Waals surface area contributed by atoms with Crippen molar-refractivity contribution in [3.05, 3.63) is 11.1 Å². The third kappa shape index (κ3) is 4.20. The largest absolute Gasteiger partial charge is 0.464 e. The minimum atomic E-state index is -0.370. The van der Waals surface area contributed by atoms with Crippen molar-refractivity contribution in [1.82, 2.24) is 4.98 Å². The number of carbonyl (C=O) groups excluding carboxylic acids is 1. The first kappa shape index (κ1) is 14.3. The number of rotatable bonds is 5. The Balaban J connectivity index is 1.71. The van der Waals surface area contributed by atoms with E-state index in [0.717, 1.165) is 23.5 Å². The second-order valence-corrected chi connectivity index (χ2v) is 6.23. The average Bonchev–Trinajstić information content (AvgIpc) is 2.89. The highest BCUT2D eigenvalue weighted by molar-refractivity contribution is 7.13. The normalized spacial score (nSPS) is 23.1. The van der Waals surface area contributed by atoms with Crippen molar-refractivity contribution in [2.24, 2.45) is 11.8 Å². The van der Waals surface area contributed by atoms with E-state index in [1.165, 1.54) is 50.6 Å². The summed E-state index contributed by atoms with van der Waals surface area (Å²) in [6, 6.07) is 0. The summed E-state index contributed by atoms with van der Waals surface area (Å²) < 4.78 is 4.64. The van der Waals surface area contributed by atoms with Gasteiger partial charge in [-0.15, -0.1) is 11.3 Å². The molecule has 0 amide bonds. The van der Waals surface area contributed by atoms with Crippen LogP contribution in [-0.4, -0.2) is 24.6 Å². The molecule has 2 rings (SSSR count). The van der Waals surface area contributed by atoms with Crippen LogP contribution >= 0.6 is 11.3 Å². The van der Waals surface area contributed by atoms with Gasteiger partial charge in [-0.1, -0.05) is 32.6 Å². The van der Waals surface area contributed by atoms with Gasteiger partial charge in [0.15, 0.2) is 10.8 Å². The van der Waals surface area contributed by atoms with Gasteiger partial charge in [-0.3, -0.25) is 0 Å². The Morgan fingerprint density at radius 1 is 1.47 bits per heavy atom. The Morgan fingerprint density at radius 2 is 2.21 bits per heavy atom. The highest BCUT2D eigenvalue weighted by Gasteiger charge is 2.18. The van der Waals surface area contributed by atoms with Crippen molar-refractivity contribution in [2.45, 2.75) is 39.0 Å². The minimum Gasteiger partial charge on any atom is -0.464 e. The van der Waals surface area contributed by atoms with Crippen LogP contribution in [-0.2, 0) is 4.74 Å². The van der Waals surface area contributed by atoms with Crippen LogP contribution < -0.4 is 5.32 Å². The molecule has 1 aromatic heterocycles. The maximum absolute atomic E-state index is 11.3. The fraction of sp³-hybridized carbons (Fsp3) is 0.714. The number of nitrogens with one attached hydrogen (secondary N) is 1. The minimum absolute atomic E-state index is 0.370. The molecule has 1 aliphatic rings. The Hall–Kier alpha value is -1.10. The summed E-state index contributed by atoms with van der Waals surface area (Å²) in [4.78, 5) is 15.5. The number of aromatic nitrogens is 1. The van der Waals surface area contributed by atoms with E-state index < -0.39 is 0 Å². The maximum Gasteiger partial charge on any atom is 0.357 e. The lowest BCUT2D eigenvalue weighted by Gasteiger charge is -2.26. The number of anilines is 1. The van der Waals surface area contributed by atoms with Crippen LogP contribution in [0.25, 0.3) is 0 Å². The summed E-state index contributed by atoms with van der Waals surface area (Å²) in [5.74, 6) is 1.39. The Kier molecular flexibility index (Phi) is 5.19. The first-order chi connectivity index (χ1) is 9.19. The van der Waals surface area contributed by atoms with Gasteiger partial charge in [-0.2, -0.15) is 0 Å². The SMILES string of the molecule is COC(=O)c1csc(NCCC2CCC(C)CC2)n1. The molecule has 0 saturated heterocycles. The molecule has 1 heterocycles. The monoisotopic (exact) mass is 282 g/mol. The number of thiazole rings is 1. The van der Waals surface area contributed by atoms with Crippen LogP contribution in [0.5, 0.6) is 0 Å². The quantitative estimate of drug-likeness (QED) is 0.839. The number of nitrogens with zero attached hydrogens (tertiary/aromatic N) is 1. The molecule has 1 aliphatic carbocycles. The zero-order valence-electron chi connectivity index (χ0n) is 11.6. The van der Waals surface area contributed by atoms with E-state index in [2.05, 4.69) is 22.0 Å². The van der Waals surface area contributed by atoms with Crippen molar-refractivity contribution >= 4 is 22.4 Å².